The number of rotatable bonds is 5. The summed E-state index contributed by atoms with van der Waals surface area (Å²) in [5.74, 6) is 7.53. The van der Waals surface area contributed by atoms with E-state index < -0.39 is 5.60 Å². The smallest absolute Gasteiger partial charge is 0.199 e. The van der Waals surface area contributed by atoms with Gasteiger partial charge in [-0.3, -0.25) is 0 Å². The van der Waals surface area contributed by atoms with Crippen molar-refractivity contribution in [1.82, 2.24) is 24.8 Å². The Morgan fingerprint density at radius 3 is 2.90 bits per heavy atom. The molecule has 0 bridgehead atoms. The van der Waals surface area contributed by atoms with E-state index in [4.69, 9.17) is 20.1 Å². The molecule has 1 aliphatic heterocycles. The van der Waals surface area contributed by atoms with Crippen LogP contribution < -0.4 is 15.8 Å². The van der Waals surface area contributed by atoms with Gasteiger partial charge >= 0.3 is 0 Å². The third-order valence-corrected chi connectivity index (χ3v) is 5.26. The molecule has 4 heterocycles. The number of hydrogen-bond acceptors (Lipinski definition) is 8. The predicted molar refractivity (Wildman–Crippen MR) is 114 cm³/mol. The zero-order valence-electron chi connectivity index (χ0n) is 18.1. The van der Waals surface area contributed by atoms with Gasteiger partial charge in [0.15, 0.2) is 23.1 Å². The number of piperidine rings is 1. The third-order valence-electron chi connectivity index (χ3n) is 5.26. The topological polar surface area (TPSA) is 142 Å². The number of aromatic nitrogens is 5. The zero-order chi connectivity index (χ0) is 22.0. The molecule has 1 aliphatic rings. The number of aryl methyl sites for hydroxylation is 1. The summed E-state index contributed by atoms with van der Waals surface area (Å²) in [6.07, 6.45) is 4.02. The van der Waals surface area contributed by atoms with Gasteiger partial charge in [-0.1, -0.05) is 5.92 Å². The van der Waals surface area contributed by atoms with Crippen LogP contribution in [0.3, 0.4) is 0 Å². The van der Waals surface area contributed by atoms with Crippen LogP contribution in [0.2, 0.25) is 0 Å². The normalized spacial score (nSPS) is 16.8. The lowest BCUT2D eigenvalue weighted by Gasteiger charge is -2.20. The molecule has 3 aromatic heterocycles. The Hall–Kier alpha value is -3.16. The first-order valence-corrected chi connectivity index (χ1v) is 10.5. The standard InChI is InChI=1S/C21H27N7O3/c1-4-28-18-15(30-12-13-6-5-9-23-10-13)11-24-14(7-8-21(2,3)29)16(18)25-20(28)17-19(22)27-31-26-17/h11,13,23,29H,4-6,9-10,12H2,1-3H3,(H2,22,27)/p+1/t13-/m0/s1. The lowest BCUT2D eigenvalue weighted by molar-refractivity contribution is -0.669. The lowest BCUT2D eigenvalue weighted by Crippen LogP contribution is -2.87. The lowest BCUT2D eigenvalue weighted by atomic mass is 10.0. The van der Waals surface area contributed by atoms with E-state index in [1.165, 1.54) is 13.0 Å². The van der Waals surface area contributed by atoms with E-state index in [1.54, 1.807) is 20.0 Å². The van der Waals surface area contributed by atoms with Gasteiger partial charge in [0, 0.05) is 12.5 Å². The van der Waals surface area contributed by atoms with Crippen molar-refractivity contribution in [3.05, 3.63) is 11.9 Å². The number of aliphatic hydroxyl groups is 1. The number of imidazole rings is 1. The van der Waals surface area contributed by atoms with Crippen LogP contribution in [0, 0.1) is 17.8 Å². The van der Waals surface area contributed by atoms with Crippen molar-refractivity contribution in [1.29, 1.82) is 0 Å². The van der Waals surface area contributed by atoms with Gasteiger partial charge in [-0.2, -0.15) is 0 Å². The molecule has 1 saturated heterocycles. The molecule has 5 N–H and O–H groups in total. The first-order chi connectivity index (χ1) is 14.9. The van der Waals surface area contributed by atoms with E-state index in [-0.39, 0.29) is 5.82 Å². The van der Waals surface area contributed by atoms with Crippen molar-refractivity contribution in [2.45, 2.75) is 45.8 Å². The summed E-state index contributed by atoms with van der Waals surface area (Å²) in [6, 6.07) is 0. The molecule has 164 valence electrons. The number of nitrogen functional groups attached to an aromatic ring is 1. The van der Waals surface area contributed by atoms with Crippen LogP contribution in [0.5, 0.6) is 5.75 Å². The van der Waals surface area contributed by atoms with Crippen LogP contribution in [0.15, 0.2) is 10.8 Å². The van der Waals surface area contributed by atoms with Crippen molar-refractivity contribution < 1.29 is 19.8 Å². The van der Waals surface area contributed by atoms with Crippen molar-refractivity contribution in [3.63, 3.8) is 0 Å². The summed E-state index contributed by atoms with van der Waals surface area (Å²) in [6.45, 7) is 8.67. The summed E-state index contributed by atoms with van der Waals surface area (Å²) < 4.78 is 13.0. The average Bonchev–Trinajstić information content (AvgIpc) is 3.34. The second-order valence-electron chi connectivity index (χ2n) is 8.29. The molecule has 0 unspecified atom stereocenters. The summed E-state index contributed by atoms with van der Waals surface area (Å²) in [7, 11) is 0. The van der Waals surface area contributed by atoms with Gasteiger partial charge in [0.2, 0.25) is 0 Å². The second-order valence-corrected chi connectivity index (χ2v) is 8.29. The third kappa shape index (κ3) is 4.47. The van der Waals surface area contributed by atoms with E-state index in [9.17, 15) is 5.11 Å². The van der Waals surface area contributed by atoms with Gasteiger partial charge in [-0.15, -0.1) is 0 Å². The number of pyridine rings is 1. The van der Waals surface area contributed by atoms with Gasteiger partial charge in [0.1, 0.15) is 22.3 Å². The van der Waals surface area contributed by atoms with Gasteiger partial charge in [-0.25, -0.2) is 14.6 Å². The summed E-state index contributed by atoms with van der Waals surface area (Å²) >= 11 is 0. The number of nitrogens with two attached hydrogens (primary N) is 2. The number of ether oxygens (including phenoxy) is 1. The van der Waals surface area contributed by atoms with Crippen LogP contribution in [-0.2, 0) is 6.54 Å². The SMILES string of the molecule is CCn1c(-c2nonc2N)nc2c(C#CC(C)(C)O)ncc(OC[C@H]3CCC[NH2+]C3)c21. The summed E-state index contributed by atoms with van der Waals surface area (Å²) in [5, 5.41) is 19.9. The van der Waals surface area contributed by atoms with Gasteiger partial charge in [0.25, 0.3) is 0 Å². The van der Waals surface area contributed by atoms with Crippen LogP contribution in [0.25, 0.3) is 22.6 Å². The average molecular weight is 427 g/mol. The minimum atomic E-state index is -1.16. The Morgan fingerprint density at radius 2 is 2.26 bits per heavy atom. The molecule has 31 heavy (non-hydrogen) atoms. The van der Waals surface area contributed by atoms with Crippen LogP contribution >= 0.6 is 0 Å². The molecule has 1 fully saturated rings. The molecule has 10 nitrogen and oxygen atoms in total. The predicted octanol–water partition coefficient (Wildman–Crippen LogP) is 0.558. The first kappa shape index (κ1) is 21.1. The molecule has 0 spiro atoms. The van der Waals surface area contributed by atoms with Crippen molar-refractivity contribution in [3.8, 4) is 29.1 Å². The molecular formula is C21H28N7O3+. The Balaban J connectivity index is 1.83. The molecule has 0 radical (unpaired) electrons. The van der Waals surface area contributed by atoms with E-state index in [1.807, 2.05) is 11.5 Å². The van der Waals surface area contributed by atoms with Crippen molar-refractivity contribution in [2.75, 3.05) is 25.4 Å². The van der Waals surface area contributed by atoms with Crippen molar-refractivity contribution >= 4 is 16.9 Å². The molecule has 0 saturated carbocycles. The maximum Gasteiger partial charge on any atom is 0.199 e. The molecule has 0 aliphatic carbocycles. The van der Waals surface area contributed by atoms with E-state index in [2.05, 4.69) is 32.5 Å². The van der Waals surface area contributed by atoms with E-state index >= 15 is 0 Å². The number of anilines is 1. The monoisotopic (exact) mass is 426 g/mol. The zero-order valence-corrected chi connectivity index (χ0v) is 18.1. The molecular weight excluding hydrogens is 398 g/mol. The molecule has 0 amide bonds. The molecule has 10 heteroatoms. The maximum absolute atomic E-state index is 10.0. The fourth-order valence-corrected chi connectivity index (χ4v) is 3.74. The summed E-state index contributed by atoms with van der Waals surface area (Å²) in [4.78, 5) is 9.21. The largest absolute Gasteiger partial charge is 0.489 e. The number of quaternary nitrogens is 1. The molecule has 4 rings (SSSR count). The molecule has 0 aromatic carbocycles. The fraction of sp³-hybridized carbons (Fsp3) is 0.524. The first-order valence-electron chi connectivity index (χ1n) is 10.5. The van der Waals surface area contributed by atoms with Crippen LogP contribution in [-0.4, -0.2) is 55.3 Å². The second kappa shape index (κ2) is 8.53. The molecule has 1 atom stereocenters. The number of nitrogens with zero attached hydrogens (tertiary/aromatic N) is 5. The number of fused-ring (bicyclic) bond motifs is 1. The Bertz CT molecular complexity index is 1130. The molecule has 3 aromatic rings. The highest BCUT2D eigenvalue weighted by atomic mass is 16.6. The van der Waals surface area contributed by atoms with Crippen LogP contribution in [0.4, 0.5) is 5.82 Å². The van der Waals surface area contributed by atoms with Gasteiger partial charge in [0.05, 0.1) is 25.9 Å². The quantitative estimate of drug-likeness (QED) is 0.503. The number of hydrogen-bond donors (Lipinski definition) is 3. The Morgan fingerprint density at radius 1 is 1.42 bits per heavy atom. The highest BCUT2D eigenvalue weighted by molar-refractivity contribution is 5.89. The van der Waals surface area contributed by atoms with Gasteiger partial charge < -0.3 is 25.5 Å². The minimum Gasteiger partial charge on any atom is -0.489 e. The van der Waals surface area contributed by atoms with E-state index in [0.29, 0.717) is 47.5 Å². The van der Waals surface area contributed by atoms with Gasteiger partial charge in [-0.05, 0) is 49.8 Å². The van der Waals surface area contributed by atoms with Crippen molar-refractivity contribution in [2.24, 2.45) is 5.92 Å². The Labute approximate surface area is 180 Å². The summed E-state index contributed by atoms with van der Waals surface area (Å²) in [5.41, 5.74) is 6.89. The van der Waals surface area contributed by atoms with Crippen LogP contribution in [0.1, 0.15) is 39.3 Å². The van der Waals surface area contributed by atoms with E-state index in [0.717, 1.165) is 18.5 Å². The minimum absolute atomic E-state index is 0.155. The highest BCUT2D eigenvalue weighted by Gasteiger charge is 2.24. The highest BCUT2D eigenvalue weighted by Crippen LogP contribution is 2.33. The Kier molecular flexibility index (Phi) is 5.80. The fourth-order valence-electron chi connectivity index (χ4n) is 3.74. The maximum atomic E-state index is 10.0.